The Morgan fingerprint density at radius 2 is 2.16 bits per heavy atom. The highest BCUT2D eigenvalue weighted by molar-refractivity contribution is 9.09. The molecule has 0 radical (unpaired) electrons. The number of Topliss-reactive ketones (excluding diaryl/α,β-unsaturated/α-hetero) is 1. The first-order valence-corrected chi connectivity index (χ1v) is 8.23. The Hall–Kier alpha value is -0.780. The molecule has 0 atom stereocenters. The van der Waals surface area contributed by atoms with Crippen molar-refractivity contribution in [2.45, 2.75) is 25.9 Å². The molecule has 2 rings (SSSR count). The smallest absolute Gasteiger partial charge is 0.143 e. The molecule has 1 aromatic heterocycles. The largest absolute Gasteiger partial charge is 0.374 e. The molecule has 0 saturated carbocycles. The number of unbranched alkanes of at least 4 members (excludes halogenated alkanes) is 1. The van der Waals surface area contributed by atoms with Gasteiger partial charge >= 0.3 is 0 Å². The summed E-state index contributed by atoms with van der Waals surface area (Å²) in [5.41, 5.74) is 1.04. The molecular weight excluding hydrogens is 326 g/mol. The Bertz CT molecular complexity index is 508. The van der Waals surface area contributed by atoms with E-state index < -0.39 is 0 Å². The first-order valence-electron chi connectivity index (χ1n) is 6.29. The zero-order valence-electron chi connectivity index (χ0n) is 10.6. The van der Waals surface area contributed by atoms with Crippen LogP contribution in [0.4, 0.5) is 0 Å². The van der Waals surface area contributed by atoms with Crippen LogP contribution in [-0.4, -0.2) is 22.7 Å². The van der Waals surface area contributed by atoms with Crippen molar-refractivity contribution in [2.24, 2.45) is 0 Å². The van der Waals surface area contributed by atoms with Crippen molar-refractivity contribution in [1.29, 1.82) is 0 Å². The number of carbonyl (C=O) groups is 1. The second-order valence-electron chi connectivity index (χ2n) is 4.26. The summed E-state index contributed by atoms with van der Waals surface area (Å²) in [5, 5.41) is 1.47. The third-order valence-electron chi connectivity index (χ3n) is 2.71. The van der Waals surface area contributed by atoms with E-state index in [0.29, 0.717) is 25.0 Å². The van der Waals surface area contributed by atoms with Gasteiger partial charge in [0, 0.05) is 13.0 Å². The molecule has 0 amide bonds. The van der Waals surface area contributed by atoms with Crippen molar-refractivity contribution in [3.63, 3.8) is 0 Å². The van der Waals surface area contributed by atoms with Gasteiger partial charge in [-0.2, -0.15) is 0 Å². The van der Waals surface area contributed by atoms with Gasteiger partial charge in [-0.1, -0.05) is 28.1 Å². The zero-order chi connectivity index (χ0) is 13.5. The molecule has 0 N–H and O–H groups in total. The highest BCUT2D eigenvalue weighted by Gasteiger charge is 2.03. The lowest BCUT2D eigenvalue weighted by atomic mass is 10.2. The molecule has 1 aromatic carbocycles. The molecule has 19 heavy (non-hydrogen) atoms. The van der Waals surface area contributed by atoms with Crippen molar-refractivity contribution in [1.82, 2.24) is 4.98 Å². The number of fused-ring (bicyclic) bond motifs is 1. The number of alkyl halides is 1. The summed E-state index contributed by atoms with van der Waals surface area (Å²) < 4.78 is 6.79. The van der Waals surface area contributed by atoms with Crippen LogP contribution in [0.15, 0.2) is 24.3 Å². The predicted molar refractivity (Wildman–Crippen MR) is 81.9 cm³/mol. The Balaban J connectivity index is 1.67. The van der Waals surface area contributed by atoms with Crippen molar-refractivity contribution in [3.8, 4) is 0 Å². The summed E-state index contributed by atoms with van der Waals surface area (Å²) in [6.07, 6.45) is 2.45. The lowest BCUT2D eigenvalue weighted by Gasteiger charge is -2.01. The fourth-order valence-electron chi connectivity index (χ4n) is 1.73. The van der Waals surface area contributed by atoms with Crippen LogP contribution < -0.4 is 0 Å². The van der Waals surface area contributed by atoms with Gasteiger partial charge in [0.1, 0.15) is 10.8 Å². The van der Waals surface area contributed by atoms with Crippen LogP contribution in [0.2, 0.25) is 0 Å². The van der Waals surface area contributed by atoms with Gasteiger partial charge in [0.15, 0.2) is 0 Å². The molecule has 1 heterocycles. The van der Waals surface area contributed by atoms with E-state index in [0.717, 1.165) is 23.4 Å². The molecule has 0 unspecified atom stereocenters. The third kappa shape index (κ3) is 4.67. The normalized spacial score (nSPS) is 11.0. The number of rotatable bonds is 8. The van der Waals surface area contributed by atoms with E-state index in [1.807, 2.05) is 18.2 Å². The van der Waals surface area contributed by atoms with Crippen LogP contribution in [0.3, 0.4) is 0 Å². The highest BCUT2D eigenvalue weighted by atomic mass is 79.9. The van der Waals surface area contributed by atoms with Gasteiger partial charge in [-0.25, -0.2) is 4.98 Å². The lowest BCUT2D eigenvalue weighted by Crippen LogP contribution is -2.00. The molecule has 0 aliphatic carbocycles. The number of nitrogens with zero attached hydrogens (tertiary/aromatic N) is 1. The van der Waals surface area contributed by atoms with Crippen LogP contribution in [-0.2, 0) is 16.1 Å². The molecule has 3 nitrogen and oxygen atoms in total. The van der Waals surface area contributed by atoms with Gasteiger partial charge in [-0.3, -0.25) is 4.79 Å². The molecular formula is C14H16BrNO2S. The predicted octanol–water partition coefficient (Wildman–Crippen LogP) is 3.95. The number of ketones is 1. The molecule has 0 spiro atoms. The van der Waals surface area contributed by atoms with Crippen molar-refractivity contribution >= 4 is 43.3 Å². The summed E-state index contributed by atoms with van der Waals surface area (Å²) in [5.74, 6) is 0.256. The quantitative estimate of drug-likeness (QED) is 0.539. The van der Waals surface area contributed by atoms with E-state index in [1.54, 1.807) is 11.3 Å². The van der Waals surface area contributed by atoms with Crippen molar-refractivity contribution in [3.05, 3.63) is 29.3 Å². The molecule has 2 aromatic rings. The highest BCUT2D eigenvalue weighted by Crippen LogP contribution is 2.21. The number of ether oxygens (including phenoxy) is 1. The van der Waals surface area contributed by atoms with E-state index in [9.17, 15) is 4.79 Å². The Morgan fingerprint density at radius 1 is 1.32 bits per heavy atom. The van der Waals surface area contributed by atoms with E-state index in [4.69, 9.17) is 4.74 Å². The van der Waals surface area contributed by atoms with E-state index in [-0.39, 0.29) is 5.78 Å². The minimum atomic E-state index is 0.256. The standard InChI is InChI=1S/C14H16BrNO2S/c15-9-11(17)5-3-4-8-18-10-14-16-12-6-1-2-7-13(12)19-14/h1-2,6-7H,3-5,8-10H2. The second kappa shape index (κ2) is 7.72. The summed E-state index contributed by atoms with van der Waals surface area (Å²) >= 11 is 4.83. The maximum absolute atomic E-state index is 11.1. The Morgan fingerprint density at radius 3 is 2.95 bits per heavy atom. The number of carbonyl (C=O) groups excluding carboxylic acids is 1. The lowest BCUT2D eigenvalue weighted by molar-refractivity contribution is -0.116. The maximum Gasteiger partial charge on any atom is 0.143 e. The van der Waals surface area contributed by atoms with Crippen LogP contribution >= 0.6 is 27.3 Å². The number of benzene rings is 1. The topological polar surface area (TPSA) is 39.2 Å². The molecule has 0 saturated heterocycles. The number of halogens is 1. The molecule has 0 bridgehead atoms. The summed E-state index contributed by atoms with van der Waals surface area (Å²) in [6.45, 7) is 1.25. The fraction of sp³-hybridized carbons (Fsp3) is 0.429. The zero-order valence-corrected chi connectivity index (χ0v) is 13.0. The molecule has 102 valence electrons. The number of hydrogen-bond donors (Lipinski definition) is 0. The minimum Gasteiger partial charge on any atom is -0.374 e. The van der Waals surface area contributed by atoms with Crippen LogP contribution in [0.5, 0.6) is 0 Å². The minimum absolute atomic E-state index is 0.256. The molecule has 5 heteroatoms. The average molecular weight is 342 g/mol. The van der Waals surface area contributed by atoms with Crippen LogP contribution in [0, 0.1) is 0 Å². The number of para-hydroxylation sites is 1. The van der Waals surface area contributed by atoms with Gasteiger partial charge in [0.05, 0.1) is 22.2 Å². The fourth-order valence-corrected chi connectivity index (χ4v) is 2.92. The molecule has 0 fully saturated rings. The molecule has 0 aliphatic rings. The monoisotopic (exact) mass is 341 g/mol. The number of thiazole rings is 1. The van der Waals surface area contributed by atoms with Crippen LogP contribution in [0.25, 0.3) is 10.2 Å². The third-order valence-corrected chi connectivity index (χ3v) is 4.34. The van der Waals surface area contributed by atoms with Gasteiger partial charge in [0.25, 0.3) is 0 Å². The summed E-state index contributed by atoms with van der Waals surface area (Å²) in [7, 11) is 0. The maximum atomic E-state index is 11.1. The van der Waals surface area contributed by atoms with Gasteiger partial charge in [-0.05, 0) is 25.0 Å². The number of aromatic nitrogens is 1. The Labute approximate surface area is 125 Å². The summed E-state index contributed by atoms with van der Waals surface area (Å²) in [6, 6.07) is 8.10. The average Bonchev–Trinajstić information content (AvgIpc) is 2.84. The van der Waals surface area contributed by atoms with Gasteiger partial charge in [-0.15, -0.1) is 11.3 Å². The van der Waals surface area contributed by atoms with Gasteiger partial charge in [0.2, 0.25) is 0 Å². The first-order chi connectivity index (χ1) is 9.29. The van der Waals surface area contributed by atoms with E-state index in [2.05, 4.69) is 27.0 Å². The first kappa shape index (κ1) is 14.6. The van der Waals surface area contributed by atoms with E-state index in [1.165, 1.54) is 4.70 Å². The Kier molecular flexibility index (Phi) is 5.94. The van der Waals surface area contributed by atoms with Crippen LogP contribution in [0.1, 0.15) is 24.3 Å². The van der Waals surface area contributed by atoms with E-state index >= 15 is 0 Å². The molecule has 0 aliphatic heterocycles. The number of hydrogen-bond acceptors (Lipinski definition) is 4. The van der Waals surface area contributed by atoms with Crippen molar-refractivity contribution in [2.75, 3.05) is 11.9 Å². The SMILES string of the molecule is O=C(CBr)CCCCOCc1nc2ccccc2s1. The van der Waals surface area contributed by atoms with Gasteiger partial charge < -0.3 is 4.74 Å². The van der Waals surface area contributed by atoms with Crippen molar-refractivity contribution < 1.29 is 9.53 Å². The second-order valence-corrected chi connectivity index (χ2v) is 5.93. The summed E-state index contributed by atoms with van der Waals surface area (Å²) in [4.78, 5) is 15.6.